The van der Waals surface area contributed by atoms with E-state index in [0.717, 1.165) is 70.1 Å². The molecule has 0 spiro atoms. The van der Waals surface area contributed by atoms with E-state index in [1.54, 1.807) is 11.8 Å². The molecule has 0 radical (unpaired) electrons. The van der Waals surface area contributed by atoms with Crippen LogP contribution in [0.25, 0.3) is 32.8 Å². The molecule has 172 valence electrons. The van der Waals surface area contributed by atoms with E-state index in [0.29, 0.717) is 11.6 Å². The van der Waals surface area contributed by atoms with Crippen LogP contribution in [0, 0.1) is 0 Å². The highest BCUT2D eigenvalue weighted by atomic mass is 32.2. The normalized spacial score (nSPS) is 11.4. The molecule has 3 aromatic carbocycles. The van der Waals surface area contributed by atoms with Crippen molar-refractivity contribution >= 4 is 56.2 Å². The maximum atomic E-state index is 12.5. The quantitative estimate of drug-likeness (QED) is 0.199. The lowest BCUT2D eigenvalue weighted by molar-refractivity contribution is -0.116. The number of amides is 1. The molecular formula is C27H27N5OS. The van der Waals surface area contributed by atoms with E-state index in [1.165, 1.54) is 0 Å². The smallest absolute Gasteiger partial charge is 0.224 e. The number of aryl methyl sites for hydroxylation is 1. The molecule has 1 amide bonds. The highest BCUT2D eigenvalue weighted by Crippen LogP contribution is 2.28. The molecular weight excluding hydrogens is 442 g/mol. The molecule has 1 N–H and O–H groups in total. The van der Waals surface area contributed by atoms with Gasteiger partial charge in [0.25, 0.3) is 0 Å². The number of fused-ring (bicyclic) bond motifs is 4. The highest BCUT2D eigenvalue weighted by molar-refractivity contribution is 7.99. The molecule has 0 atom stereocenters. The predicted molar refractivity (Wildman–Crippen MR) is 140 cm³/mol. The van der Waals surface area contributed by atoms with Gasteiger partial charge in [-0.3, -0.25) is 4.79 Å². The van der Waals surface area contributed by atoms with Crippen molar-refractivity contribution in [3.63, 3.8) is 0 Å². The number of carbonyl (C=O) groups is 1. The first-order valence-electron chi connectivity index (χ1n) is 11.8. The number of aromatic nitrogens is 4. The van der Waals surface area contributed by atoms with Crippen LogP contribution >= 0.6 is 11.8 Å². The summed E-state index contributed by atoms with van der Waals surface area (Å²) in [4.78, 5) is 17.3. The van der Waals surface area contributed by atoms with Crippen molar-refractivity contribution in [1.82, 2.24) is 19.7 Å². The number of anilines is 1. The first-order valence-corrected chi connectivity index (χ1v) is 12.7. The highest BCUT2D eigenvalue weighted by Gasteiger charge is 2.14. The topological polar surface area (TPSA) is 72.7 Å². The minimum atomic E-state index is 0.0461. The van der Waals surface area contributed by atoms with Crippen LogP contribution in [0.15, 0.2) is 71.9 Å². The Balaban J connectivity index is 1.17. The molecule has 2 heterocycles. The number of benzene rings is 3. The minimum Gasteiger partial charge on any atom is -0.326 e. The van der Waals surface area contributed by atoms with E-state index in [4.69, 9.17) is 4.98 Å². The average Bonchev–Trinajstić information content (AvgIpc) is 3.17. The van der Waals surface area contributed by atoms with Crippen molar-refractivity contribution in [3.05, 3.63) is 66.7 Å². The molecule has 0 unspecified atom stereocenters. The van der Waals surface area contributed by atoms with Gasteiger partial charge in [-0.2, -0.15) is 0 Å². The zero-order valence-corrected chi connectivity index (χ0v) is 20.0. The Bertz CT molecular complexity index is 1460. The van der Waals surface area contributed by atoms with Crippen LogP contribution in [-0.2, 0) is 11.3 Å². The van der Waals surface area contributed by atoms with E-state index in [-0.39, 0.29) is 5.91 Å². The van der Waals surface area contributed by atoms with Gasteiger partial charge in [0, 0.05) is 35.2 Å². The number of carbonyl (C=O) groups excluding carboxylic acids is 1. The lowest BCUT2D eigenvalue weighted by Gasteiger charge is -2.08. The number of nitrogens with zero attached hydrogens (tertiary/aromatic N) is 4. The van der Waals surface area contributed by atoms with Gasteiger partial charge in [-0.05, 0) is 36.8 Å². The van der Waals surface area contributed by atoms with Crippen molar-refractivity contribution in [1.29, 1.82) is 0 Å². The van der Waals surface area contributed by atoms with Crippen LogP contribution in [0.1, 0.15) is 32.6 Å². The molecule has 0 saturated heterocycles. The zero-order chi connectivity index (χ0) is 23.3. The summed E-state index contributed by atoms with van der Waals surface area (Å²) in [6, 6.07) is 22.3. The number of para-hydroxylation sites is 1. The monoisotopic (exact) mass is 469 g/mol. The predicted octanol–water partition coefficient (Wildman–Crippen LogP) is 6.44. The molecule has 0 saturated carbocycles. The lowest BCUT2D eigenvalue weighted by atomic mass is 10.1. The van der Waals surface area contributed by atoms with Crippen LogP contribution in [0.4, 0.5) is 5.69 Å². The Morgan fingerprint density at radius 3 is 2.62 bits per heavy atom. The third-order valence-electron chi connectivity index (χ3n) is 5.89. The van der Waals surface area contributed by atoms with Crippen LogP contribution in [0.3, 0.4) is 0 Å². The van der Waals surface area contributed by atoms with E-state index >= 15 is 0 Å². The van der Waals surface area contributed by atoms with Gasteiger partial charge in [0.05, 0.1) is 5.52 Å². The van der Waals surface area contributed by atoms with E-state index in [2.05, 4.69) is 51.3 Å². The van der Waals surface area contributed by atoms with E-state index in [9.17, 15) is 4.79 Å². The standard InChI is InChI=1S/C27H27N5OS/c1-2-17-32-23-15-6-5-13-21(23)25-26(32)29-27(31-30-25)34-18-8-7-16-24(33)28-22-14-9-11-19-10-3-4-12-20(19)22/h3-6,9-15H,2,7-8,16-18H2,1H3,(H,28,33). The molecule has 6 nitrogen and oxygen atoms in total. The molecule has 5 aromatic rings. The first-order chi connectivity index (χ1) is 16.7. The molecule has 0 aliphatic rings. The number of hydrogen-bond acceptors (Lipinski definition) is 5. The summed E-state index contributed by atoms with van der Waals surface area (Å²) in [7, 11) is 0. The summed E-state index contributed by atoms with van der Waals surface area (Å²) >= 11 is 1.60. The second-order valence-corrected chi connectivity index (χ2v) is 9.38. The van der Waals surface area contributed by atoms with Gasteiger partial charge in [0.2, 0.25) is 11.1 Å². The summed E-state index contributed by atoms with van der Waals surface area (Å²) in [5, 5.41) is 15.9. The summed E-state index contributed by atoms with van der Waals surface area (Å²) in [6.45, 7) is 3.07. The van der Waals surface area contributed by atoms with Gasteiger partial charge in [-0.25, -0.2) is 4.98 Å². The van der Waals surface area contributed by atoms with Crippen LogP contribution < -0.4 is 5.32 Å². The molecule has 0 fully saturated rings. The number of unbranched alkanes of at least 4 members (excludes halogenated alkanes) is 1. The largest absolute Gasteiger partial charge is 0.326 e. The molecule has 2 aromatic heterocycles. The number of thioether (sulfide) groups is 1. The van der Waals surface area contributed by atoms with E-state index in [1.807, 2.05) is 42.5 Å². The Hall–Kier alpha value is -3.45. The van der Waals surface area contributed by atoms with Crippen molar-refractivity contribution in [2.75, 3.05) is 11.1 Å². The summed E-state index contributed by atoms with van der Waals surface area (Å²) < 4.78 is 2.24. The Kier molecular flexibility index (Phi) is 6.72. The van der Waals surface area contributed by atoms with Gasteiger partial charge in [-0.15, -0.1) is 10.2 Å². The lowest BCUT2D eigenvalue weighted by Crippen LogP contribution is -2.11. The minimum absolute atomic E-state index is 0.0461. The van der Waals surface area contributed by atoms with Crippen molar-refractivity contribution in [2.45, 2.75) is 44.3 Å². The molecule has 0 aliphatic carbocycles. The summed E-state index contributed by atoms with van der Waals surface area (Å²) in [5.74, 6) is 0.896. The summed E-state index contributed by atoms with van der Waals surface area (Å²) in [5.41, 5.74) is 3.78. The summed E-state index contributed by atoms with van der Waals surface area (Å²) in [6.07, 6.45) is 3.25. The third kappa shape index (κ3) is 4.61. The van der Waals surface area contributed by atoms with Gasteiger partial charge < -0.3 is 9.88 Å². The Labute approximate surface area is 202 Å². The average molecular weight is 470 g/mol. The van der Waals surface area contributed by atoms with Crippen molar-refractivity contribution < 1.29 is 4.79 Å². The fourth-order valence-electron chi connectivity index (χ4n) is 4.30. The van der Waals surface area contributed by atoms with Crippen LogP contribution in [-0.4, -0.2) is 31.4 Å². The van der Waals surface area contributed by atoms with Gasteiger partial charge >= 0.3 is 0 Å². The molecule has 7 heteroatoms. The van der Waals surface area contributed by atoms with Gasteiger partial charge in [0.15, 0.2) is 5.65 Å². The van der Waals surface area contributed by atoms with Crippen molar-refractivity contribution in [2.24, 2.45) is 0 Å². The molecule has 5 rings (SSSR count). The molecule has 0 aliphatic heterocycles. The Morgan fingerprint density at radius 1 is 0.941 bits per heavy atom. The second kappa shape index (κ2) is 10.2. The first kappa shape index (κ1) is 22.3. The SMILES string of the molecule is CCCn1c2ccccc2c2nnc(SCCCCC(=O)Nc3cccc4ccccc34)nc21. The molecule has 0 bridgehead atoms. The van der Waals surface area contributed by atoms with Gasteiger partial charge in [-0.1, -0.05) is 73.3 Å². The maximum Gasteiger partial charge on any atom is 0.224 e. The maximum absolute atomic E-state index is 12.5. The van der Waals surface area contributed by atoms with Crippen LogP contribution in [0.5, 0.6) is 0 Å². The number of nitrogens with one attached hydrogen (secondary N) is 1. The fraction of sp³-hybridized carbons (Fsp3) is 0.259. The Morgan fingerprint density at radius 2 is 1.74 bits per heavy atom. The fourth-order valence-corrected chi connectivity index (χ4v) is 5.08. The number of hydrogen-bond donors (Lipinski definition) is 1. The number of rotatable bonds is 9. The third-order valence-corrected chi connectivity index (χ3v) is 6.82. The van der Waals surface area contributed by atoms with Crippen LogP contribution in [0.2, 0.25) is 0 Å². The second-order valence-electron chi connectivity index (χ2n) is 8.32. The van der Waals surface area contributed by atoms with Crippen molar-refractivity contribution in [3.8, 4) is 0 Å². The zero-order valence-electron chi connectivity index (χ0n) is 19.2. The molecule has 34 heavy (non-hydrogen) atoms. The van der Waals surface area contributed by atoms with Gasteiger partial charge in [0.1, 0.15) is 5.52 Å². The van der Waals surface area contributed by atoms with E-state index < -0.39 is 0 Å².